The van der Waals surface area contributed by atoms with Crippen LogP contribution in [0.1, 0.15) is 22.3 Å². The van der Waals surface area contributed by atoms with Crippen LogP contribution < -0.4 is 0 Å². The maximum absolute atomic E-state index is 13.0. The highest BCUT2D eigenvalue weighted by atomic mass is 35.5. The molecule has 0 unspecified atom stereocenters. The number of rotatable bonds is 4. The minimum atomic E-state index is -0.363. The zero-order valence-corrected chi connectivity index (χ0v) is 15.1. The van der Waals surface area contributed by atoms with Crippen molar-refractivity contribution in [2.45, 2.75) is 12.8 Å². The summed E-state index contributed by atoms with van der Waals surface area (Å²) in [5.74, 6) is -0.398. The van der Waals surface area contributed by atoms with Gasteiger partial charge in [0.2, 0.25) is 5.91 Å². The van der Waals surface area contributed by atoms with E-state index >= 15 is 0 Å². The van der Waals surface area contributed by atoms with Gasteiger partial charge in [-0.1, -0.05) is 23.7 Å². The van der Waals surface area contributed by atoms with Crippen LogP contribution in [0.5, 0.6) is 0 Å². The maximum Gasteiger partial charge on any atom is 0.253 e. The summed E-state index contributed by atoms with van der Waals surface area (Å²) in [6.07, 6.45) is 1.11. The predicted molar refractivity (Wildman–Crippen MR) is 98.7 cm³/mol. The van der Waals surface area contributed by atoms with Crippen molar-refractivity contribution in [1.29, 1.82) is 0 Å². The topological polar surface area (TPSA) is 40.6 Å². The van der Waals surface area contributed by atoms with Gasteiger partial charge in [-0.15, -0.1) is 0 Å². The van der Waals surface area contributed by atoms with Crippen LogP contribution in [-0.4, -0.2) is 47.8 Å². The Bertz CT molecular complexity index is 769. The molecule has 1 saturated heterocycles. The molecule has 0 aromatic heterocycles. The molecule has 4 nitrogen and oxygen atoms in total. The fraction of sp³-hybridized carbons (Fsp3) is 0.300. The number of benzene rings is 2. The molecular weight excluding hydrogens is 355 g/mol. The minimum Gasteiger partial charge on any atom is -0.339 e. The molecule has 26 heavy (non-hydrogen) atoms. The van der Waals surface area contributed by atoms with E-state index in [1.165, 1.54) is 24.3 Å². The summed E-state index contributed by atoms with van der Waals surface area (Å²) >= 11 is 5.86. The second-order valence-electron chi connectivity index (χ2n) is 6.31. The quantitative estimate of drug-likeness (QED) is 0.823. The standard InChI is InChI=1S/C20H20ClFN2O2/c21-17-6-1-15(2-7-17)3-10-19(25)23-11-13-24(14-12-23)20(26)16-4-8-18(22)9-5-16/h1-2,4-9H,3,10-14H2. The number of carbonyl (C=O) groups excluding carboxylic acids is 2. The second-order valence-corrected chi connectivity index (χ2v) is 6.74. The number of piperazine rings is 1. The lowest BCUT2D eigenvalue weighted by Gasteiger charge is -2.35. The smallest absolute Gasteiger partial charge is 0.253 e. The Labute approximate surface area is 157 Å². The molecule has 2 aromatic rings. The van der Waals surface area contributed by atoms with Gasteiger partial charge in [0.25, 0.3) is 5.91 Å². The first-order chi connectivity index (χ1) is 12.5. The van der Waals surface area contributed by atoms with Crippen molar-refractivity contribution in [3.63, 3.8) is 0 Å². The van der Waals surface area contributed by atoms with Crippen molar-refractivity contribution in [3.8, 4) is 0 Å². The number of carbonyl (C=O) groups is 2. The SMILES string of the molecule is O=C(CCc1ccc(Cl)cc1)N1CCN(C(=O)c2ccc(F)cc2)CC1. The van der Waals surface area contributed by atoms with Crippen LogP contribution in [0.3, 0.4) is 0 Å². The average Bonchev–Trinajstić information content (AvgIpc) is 2.67. The van der Waals surface area contributed by atoms with Crippen molar-refractivity contribution >= 4 is 23.4 Å². The number of nitrogens with zero attached hydrogens (tertiary/aromatic N) is 2. The van der Waals surface area contributed by atoms with Gasteiger partial charge < -0.3 is 9.80 Å². The van der Waals surface area contributed by atoms with Gasteiger partial charge in [0.15, 0.2) is 0 Å². The molecule has 2 aromatic carbocycles. The highest BCUT2D eigenvalue weighted by molar-refractivity contribution is 6.30. The molecule has 1 aliphatic heterocycles. The summed E-state index contributed by atoms with van der Waals surface area (Å²) in [7, 11) is 0. The largest absolute Gasteiger partial charge is 0.339 e. The number of aryl methyl sites for hydroxylation is 1. The third-order valence-corrected chi connectivity index (χ3v) is 4.80. The molecule has 2 amide bonds. The molecule has 1 fully saturated rings. The van der Waals surface area contributed by atoms with Crippen molar-refractivity contribution < 1.29 is 14.0 Å². The molecule has 0 spiro atoms. The van der Waals surface area contributed by atoms with Crippen molar-refractivity contribution in [1.82, 2.24) is 9.80 Å². The van der Waals surface area contributed by atoms with E-state index in [-0.39, 0.29) is 17.6 Å². The third-order valence-electron chi connectivity index (χ3n) is 4.55. The zero-order valence-electron chi connectivity index (χ0n) is 14.3. The van der Waals surface area contributed by atoms with Crippen LogP contribution in [0, 0.1) is 5.82 Å². The normalized spacial score (nSPS) is 14.4. The van der Waals surface area contributed by atoms with Gasteiger partial charge in [0.05, 0.1) is 0 Å². The van der Waals surface area contributed by atoms with Crippen molar-refractivity contribution in [3.05, 3.63) is 70.5 Å². The Morgan fingerprint density at radius 3 is 2.08 bits per heavy atom. The monoisotopic (exact) mass is 374 g/mol. The average molecular weight is 375 g/mol. The number of halogens is 2. The Hall–Kier alpha value is -2.40. The minimum absolute atomic E-state index is 0.0915. The molecule has 0 saturated carbocycles. The first-order valence-corrected chi connectivity index (χ1v) is 8.98. The molecule has 1 heterocycles. The lowest BCUT2D eigenvalue weighted by Crippen LogP contribution is -2.50. The molecule has 6 heteroatoms. The van der Waals surface area contributed by atoms with E-state index in [1.54, 1.807) is 9.80 Å². The number of hydrogen-bond acceptors (Lipinski definition) is 2. The highest BCUT2D eigenvalue weighted by Crippen LogP contribution is 2.13. The van der Waals surface area contributed by atoms with Crippen LogP contribution >= 0.6 is 11.6 Å². The van der Waals surface area contributed by atoms with E-state index < -0.39 is 0 Å². The first kappa shape index (κ1) is 18.4. The van der Waals surface area contributed by atoms with Gasteiger partial charge >= 0.3 is 0 Å². The van der Waals surface area contributed by atoms with E-state index in [0.717, 1.165) is 5.56 Å². The highest BCUT2D eigenvalue weighted by Gasteiger charge is 2.24. The molecule has 0 aliphatic carbocycles. The molecule has 0 bridgehead atoms. The molecule has 0 atom stereocenters. The summed E-state index contributed by atoms with van der Waals surface area (Å²) in [4.78, 5) is 28.3. The number of amides is 2. The van der Waals surface area contributed by atoms with Crippen LogP contribution in [0.2, 0.25) is 5.02 Å². The lowest BCUT2D eigenvalue weighted by molar-refractivity contribution is -0.132. The van der Waals surface area contributed by atoms with Gasteiger partial charge in [-0.25, -0.2) is 4.39 Å². The van der Waals surface area contributed by atoms with E-state index in [4.69, 9.17) is 11.6 Å². The van der Waals surface area contributed by atoms with E-state index in [0.29, 0.717) is 49.6 Å². The zero-order chi connectivity index (χ0) is 18.5. The Morgan fingerprint density at radius 1 is 0.885 bits per heavy atom. The van der Waals surface area contributed by atoms with Crippen LogP contribution in [0.4, 0.5) is 4.39 Å². The van der Waals surface area contributed by atoms with Gasteiger partial charge in [-0.05, 0) is 48.4 Å². The van der Waals surface area contributed by atoms with Crippen LogP contribution in [-0.2, 0) is 11.2 Å². The maximum atomic E-state index is 13.0. The first-order valence-electron chi connectivity index (χ1n) is 8.60. The fourth-order valence-electron chi connectivity index (χ4n) is 2.99. The van der Waals surface area contributed by atoms with Crippen LogP contribution in [0.15, 0.2) is 48.5 Å². The summed E-state index contributed by atoms with van der Waals surface area (Å²) < 4.78 is 13.0. The number of hydrogen-bond donors (Lipinski definition) is 0. The summed E-state index contributed by atoms with van der Waals surface area (Å²) in [5.41, 5.74) is 1.54. The lowest BCUT2D eigenvalue weighted by atomic mass is 10.1. The third kappa shape index (κ3) is 4.61. The second kappa shape index (κ2) is 8.32. The fourth-order valence-corrected chi connectivity index (χ4v) is 3.12. The van der Waals surface area contributed by atoms with Crippen LogP contribution in [0.25, 0.3) is 0 Å². The summed E-state index contributed by atoms with van der Waals surface area (Å²) in [6.45, 7) is 2.02. The molecule has 3 rings (SSSR count). The van der Waals surface area contributed by atoms with Gasteiger partial charge in [-0.3, -0.25) is 9.59 Å². The summed E-state index contributed by atoms with van der Waals surface area (Å²) in [5, 5.41) is 0.682. The summed E-state index contributed by atoms with van der Waals surface area (Å²) in [6, 6.07) is 13.0. The van der Waals surface area contributed by atoms with Gasteiger partial charge in [-0.2, -0.15) is 0 Å². The molecule has 1 aliphatic rings. The predicted octanol–water partition coefficient (Wildman–Crippen LogP) is 3.40. The van der Waals surface area contributed by atoms with Gasteiger partial charge in [0.1, 0.15) is 5.82 Å². The van der Waals surface area contributed by atoms with E-state index in [1.807, 2.05) is 24.3 Å². The van der Waals surface area contributed by atoms with Crippen molar-refractivity contribution in [2.75, 3.05) is 26.2 Å². The van der Waals surface area contributed by atoms with E-state index in [2.05, 4.69) is 0 Å². The molecule has 136 valence electrons. The van der Waals surface area contributed by atoms with Gasteiger partial charge in [0, 0.05) is 43.2 Å². The molecule has 0 N–H and O–H groups in total. The Morgan fingerprint density at radius 2 is 1.46 bits per heavy atom. The molecule has 0 radical (unpaired) electrons. The molecular formula is C20H20ClFN2O2. The Balaban J connectivity index is 1.48. The Kier molecular flexibility index (Phi) is 5.89. The van der Waals surface area contributed by atoms with E-state index in [9.17, 15) is 14.0 Å². The van der Waals surface area contributed by atoms with Crippen molar-refractivity contribution in [2.24, 2.45) is 0 Å².